The molecule has 1 aliphatic heterocycles. The molecule has 192 valence electrons. The molecule has 5 rings (SSSR count). The van der Waals surface area contributed by atoms with Crippen molar-refractivity contribution in [2.24, 2.45) is 9.98 Å². The summed E-state index contributed by atoms with van der Waals surface area (Å²) in [6.07, 6.45) is 1.98. The van der Waals surface area contributed by atoms with Gasteiger partial charge in [-0.1, -0.05) is 107 Å². The van der Waals surface area contributed by atoms with E-state index in [9.17, 15) is 0 Å². The van der Waals surface area contributed by atoms with Gasteiger partial charge in [-0.2, -0.15) is 0 Å². The summed E-state index contributed by atoms with van der Waals surface area (Å²) >= 11 is 0. The highest BCUT2D eigenvalue weighted by molar-refractivity contribution is 6.02. The standard InChI is InChI=1S/C34H35N3O/c1-23(2)27-17-12-18-28(24(3)4)33(27)35-21-26-15-8-10-19-30(26)36-31-20-11-9-16-29(31)34-37-32(22-38-34)25-13-6-5-7-14-25/h5-21,23-24,32,36H,22H2,1-4H3/t32-/m1/s1. The number of para-hydroxylation sites is 3. The minimum absolute atomic E-state index is 0.00912. The largest absolute Gasteiger partial charge is 0.475 e. The zero-order chi connectivity index (χ0) is 26.5. The van der Waals surface area contributed by atoms with Crippen molar-refractivity contribution in [3.8, 4) is 0 Å². The van der Waals surface area contributed by atoms with Gasteiger partial charge in [-0.25, -0.2) is 4.99 Å². The van der Waals surface area contributed by atoms with Crippen LogP contribution in [0.25, 0.3) is 0 Å². The fourth-order valence-corrected chi connectivity index (χ4v) is 4.81. The molecule has 0 fully saturated rings. The summed E-state index contributed by atoms with van der Waals surface area (Å²) in [6, 6.07) is 33.3. The number of hydrogen-bond acceptors (Lipinski definition) is 4. The molecule has 4 heteroatoms. The Morgan fingerprint density at radius 1 is 0.763 bits per heavy atom. The van der Waals surface area contributed by atoms with Crippen LogP contribution in [-0.2, 0) is 4.74 Å². The fourth-order valence-electron chi connectivity index (χ4n) is 4.81. The van der Waals surface area contributed by atoms with Gasteiger partial charge < -0.3 is 10.1 Å². The van der Waals surface area contributed by atoms with Crippen LogP contribution >= 0.6 is 0 Å². The monoisotopic (exact) mass is 501 g/mol. The molecule has 1 heterocycles. The van der Waals surface area contributed by atoms with E-state index in [0.717, 1.165) is 33.8 Å². The molecule has 4 aromatic rings. The summed E-state index contributed by atoms with van der Waals surface area (Å²) in [5.74, 6) is 1.46. The maximum absolute atomic E-state index is 6.07. The van der Waals surface area contributed by atoms with Crippen LogP contribution in [0.3, 0.4) is 0 Å². The first-order valence-electron chi connectivity index (χ1n) is 13.4. The first-order valence-corrected chi connectivity index (χ1v) is 13.4. The van der Waals surface area contributed by atoms with E-state index in [2.05, 4.69) is 87.6 Å². The Bertz CT molecular complexity index is 1430. The molecule has 0 spiro atoms. The van der Waals surface area contributed by atoms with Crippen LogP contribution in [0, 0.1) is 0 Å². The van der Waals surface area contributed by atoms with Crippen LogP contribution in [0.2, 0.25) is 0 Å². The van der Waals surface area contributed by atoms with Gasteiger partial charge in [-0.15, -0.1) is 0 Å². The highest BCUT2D eigenvalue weighted by Gasteiger charge is 2.23. The number of rotatable bonds is 8. The highest BCUT2D eigenvalue weighted by Crippen LogP contribution is 2.35. The van der Waals surface area contributed by atoms with Crippen molar-refractivity contribution in [3.05, 3.63) is 125 Å². The molecule has 0 bridgehead atoms. The summed E-state index contributed by atoms with van der Waals surface area (Å²) in [5, 5.41) is 3.63. The lowest BCUT2D eigenvalue weighted by Crippen LogP contribution is -2.06. The highest BCUT2D eigenvalue weighted by atomic mass is 16.5. The average molecular weight is 502 g/mol. The van der Waals surface area contributed by atoms with E-state index in [4.69, 9.17) is 14.7 Å². The number of nitrogens with one attached hydrogen (secondary N) is 1. The quantitative estimate of drug-likeness (QED) is 0.245. The van der Waals surface area contributed by atoms with Crippen LogP contribution in [-0.4, -0.2) is 18.7 Å². The zero-order valence-corrected chi connectivity index (χ0v) is 22.6. The van der Waals surface area contributed by atoms with Crippen LogP contribution in [0.15, 0.2) is 107 Å². The Kier molecular flexibility index (Phi) is 7.69. The van der Waals surface area contributed by atoms with Crippen molar-refractivity contribution in [2.75, 3.05) is 11.9 Å². The molecule has 0 unspecified atom stereocenters. The number of ether oxygens (including phenoxy) is 1. The normalized spacial score (nSPS) is 15.2. The Hall–Kier alpha value is -4.18. The molecule has 0 saturated carbocycles. The maximum atomic E-state index is 6.07. The Balaban J connectivity index is 1.45. The van der Waals surface area contributed by atoms with Crippen molar-refractivity contribution in [1.82, 2.24) is 0 Å². The second-order valence-corrected chi connectivity index (χ2v) is 10.3. The Labute approximate surface area is 226 Å². The number of anilines is 2. The van der Waals surface area contributed by atoms with E-state index in [1.54, 1.807) is 0 Å². The molecule has 4 aromatic carbocycles. The average Bonchev–Trinajstić information content (AvgIpc) is 3.43. The first kappa shape index (κ1) is 25.5. The predicted molar refractivity (Wildman–Crippen MR) is 160 cm³/mol. The number of hydrogen-bond donors (Lipinski definition) is 1. The van der Waals surface area contributed by atoms with Crippen LogP contribution in [0.4, 0.5) is 17.1 Å². The SMILES string of the molecule is CC(C)c1cccc(C(C)C)c1N=Cc1ccccc1Nc1ccccc1C1=N[C@@H](c2ccccc2)CO1. The molecule has 4 nitrogen and oxygen atoms in total. The second kappa shape index (κ2) is 11.5. The van der Waals surface area contributed by atoms with Gasteiger partial charge in [0.25, 0.3) is 0 Å². The topological polar surface area (TPSA) is 46.0 Å². The summed E-state index contributed by atoms with van der Waals surface area (Å²) < 4.78 is 6.07. The van der Waals surface area contributed by atoms with Crippen molar-refractivity contribution < 1.29 is 4.74 Å². The lowest BCUT2D eigenvalue weighted by Gasteiger charge is -2.17. The van der Waals surface area contributed by atoms with E-state index in [1.165, 1.54) is 11.1 Å². The minimum atomic E-state index is 0.00912. The van der Waals surface area contributed by atoms with Crippen LogP contribution in [0.1, 0.15) is 73.4 Å². The molecule has 38 heavy (non-hydrogen) atoms. The molecule has 0 radical (unpaired) electrons. The first-order chi connectivity index (χ1) is 18.5. The van der Waals surface area contributed by atoms with Crippen molar-refractivity contribution in [3.63, 3.8) is 0 Å². The van der Waals surface area contributed by atoms with E-state index in [0.29, 0.717) is 24.3 Å². The molecule has 1 atom stereocenters. The smallest absolute Gasteiger partial charge is 0.219 e. The van der Waals surface area contributed by atoms with Crippen molar-refractivity contribution >= 4 is 29.2 Å². The maximum Gasteiger partial charge on any atom is 0.219 e. The van der Waals surface area contributed by atoms with Gasteiger partial charge in [0.1, 0.15) is 12.6 Å². The summed E-state index contributed by atoms with van der Waals surface area (Å²) in [4.78, 5) is 9.96. The fraction of sp³-hybridized carbons (Fsp3) is 0.235. The lowest BCUT2D eigenvalue weighted by molar-refractivity contribution is 0.320. The molecule has 0 saturated heterocycles. The predicted octanol–water partition coefficient (Wildman–Crippen LogP) is 8.95. The summed E-state index contributed by atoms with van der Waals surface area (Å²) in [7, 11) is 0. The lowest BCUT2D eigenvalue weighted by atomic mass is 9.93. The Morgan fingerprint density at radius 2 is 1.39 bits per heavy atom. The molecular formula is C34H35N3O. The summed E-state index contributed by atoms with van der Waals surface area (Å²) in [5.41, 5.74) is 8.68. The molecule has 1 aliphatic rings. The third-order valence-corrected chi connectivity index (χ3v) is 6.90. The van der Waals surface area contributed by atoms with E-state index < -0.39 is 0 Å². The van der Waals surface area contributed by atoms with Crippen LogP contribution < -0.4 is 5.32 Å². The second-order valence-electron chi connectivity index (χ2n) is 10.3. The minimum Gasteiger partial charge on any atom is -0.475 e. The number of nitrogens with zero attached hydrogens (tertiary/aromatic N) is 2. The van der Waals surface area contributed by atoms with Crippen molar-refractivity contribution in [1.29, 1.82) is 0 Å². The van der Waals surface area contributed by atoms with Crippen LogP contribution in [0.5, 0.6) is 0 Å². The molecule has 1 N–H and O–H groups in total. The van der Waals surface area contributed by atoms with Gasteiger partial charge in [0, 0.05) is 17.5 Å². The third kappa shape index (κ3) is 5.55. The van der Waals surface area contributed by atoms with E-state index in [1.807, 2.05) is 48.7 Å². The molecule has 0 aromatic heterocycles. The van der Waals surface area contributed by atoms with Gasteiger partial charge in [0.15, 0.2) is 0 Å². The van der Waals surface area contributed by atoms with Gasteiger partial charge >= 0.3 is 0 Å². The molecular weight excluding hydrogens is 466 g/mol. The zero-order valence-electron chi connectivity index (χ0n) is 22.6. The van der Waals surface area contributed by atoms with Gasteiger partial charge in [-0.05, 0) is 46.7 Å². The van der Waals surface area contributed by atoms with Crippen molar-refractivity contribution in [2.45, 2.75) is 45.6 Å². The molecule has 0 amide bonds. The van der Waals surface area contributed by atoms with E-state index in [-0.39, 0.29) is 6.04 Å². The number of benzene rings is 4. The summed E-state index contributed by atoms with van der Waals surface area (Å²) in [6.45, 7) is 9.44. The van der Waals surface area contributed by atoms with Gasteiger partial charge in [0.2, 0.25) is 5.90 Å². The number of aliphatic imine (C=N–C) groups is 2. The third-order valence-electron chi connectivity index (χ3n) is 6.90. The Morgan fingerprint density at radius 3 is 2.11 bits per heavy atom. The van der Waals surface area contributed by atoms with Gasteiger partial charge in [0.05, 0.1) is 16.9 Å². The van der Waals surface area contributed by atoms with E-state index >= 15 is 0 Å². The van der Waals surface area contributed by atoms with Gasteiger partial charge in [-0.3, -0.25) is 4.99 Å². The molecule has 0 aliphatic carbocycles.